The van der Waals surface area contributed by atoms with Crippen LogP contribution in [-0.4, -0.2) is 39.9 Å². The summed E-state index contributed by atoms with van der Waals surface area (Å²) in [5, 5.41) is 11.6. The van der Waals surface area contributed by atoms with Crippen LogP contribution in [0, 0.1) is 18.8 Å². The van der Waals surface area contributed by atoms with Gasteiger partial charge in [-0.1, -0.05) is 17.9 Å². The van der Waals surface area contributed by atoms with Gasteiger partial charge in [0.05, 0.1) is 0 Å². The predicted octanol–water partition coefficient (Wildman–Crippen LogP) is 1.23. The number of aliphatic hydroxyl groups excluding tert-OH is 1. The molecule has 0 aliphatic rings. The van der Waals surface area contributed by atoms with Crippen molar-refractivity contribution in [1.82, 2.24) is 5.32 Å². The molecule has 2 N–H and O–H groups in total. The predicted molar refractivity (Wildman–Crippen MR) is 85.6 cm³/mol. The molecular formula is C16H21NO3S. The number of rotatable bonds is 5. The maximum absolute atomic E-state index is 12.2. The third-order valence-electron chi connectivity index (χ3n) is 3.02. The number of amides is 1. The first-order valence-electron chi connectivity index (χ1n) is 6.75. The first kappa shape index (κ1) is 17.4. The zero-order valence-corrected chi connectivity index (χ0v) is 13.4. The molecule has 2 atom stereocenters. The van der Waals surface area contributed by atoms with Crippen LogP contribution in [0.1, 0.15) is 34.8 Å². The second-order valence-corrected chi connectivity index (χ2v) is 6.48. The number of hydrogen-bond donors (Lipinski definition) is 2. The van der Waals surface area contributed by atoms with Crippen LogP contribution in [0.2, 0.25) is 0 Å². The second kappa shape index (κ2) is 8.60. The Morgan fingerprint density at radius 3 is 2.81 bits per heavy atom. The van der Waals surface area contributed by atoms with Crippen molar-refractivity contribution < 1.29 is 14.1 Å². The van der Waals surface area contributed by atoms with E-state index in [0.29, 0.717) is 17.7 Å². The fraction of sp³-hybridized carbons (Fsp3) is 0.438. The SMILES string of the molecule is Cc1ccc(C(=O)NC(C)CCS(C)=O)cc1C#CCO. The van der Waals surface area contributed by atoms with Crippen molar-refractivity contribution in [2.75, 3.05) is 18.6 Å². The van der Waals surface area contributed by atoms with Crippen LogP contribution in [0.3, 0.4) is 0 Å². The average Bonchev–Trinajstić information content (AvgIpc) is 2.44. The van der Waals surface area contributed by atoms with Gasteiger partial charge in [0.1, 0.15) is 6.61 Å². The lowest BCUT2D eigenvalue weighted by atomic mass is 10.0. The molecule has 0 bridgehead atoms. The van der Waals surface area contributed by atoms with E-state index in [1.165, 1.54) is 0 Å². The third-order valence-corrected chi connectivity index (χ3v) is 3.83. The highest BCUT2D eigenvalue weighted by molar-refractivity contribution is 7.84. The van der Waals surface area contributed by atoms with Crippen LogP contribution in [0.4, 0.5) is 0 Å². The molecule has 4 nitrogen and oxygen atoms in total. The molecule has 1 aromatic carbocycles. The van der Waals surface area contributed by atoms with E-state index in [2.05, 4.69) is 17.2 Å². The van der Waals surface area contributed by atoms with Crippen molar-refractivity contribution in [3.63, 3.8) is 0 Å². The summed E-state index contributed by atoms with van der Waals surface area (Å²) in [6.45, 7) is 3.59. The van der Waals surface area contributed by atoms with Gasteiger partial charge in [0.25, 0.3) is 5.91 Å². The van der Waals surface area contributed by atoms with Gasteiger partial charge >= 0.3 is 0 Å². The molecule has 0 heterocycles. The Hall–Kier alpha value is -1.64. The summed E-state index contributed by atoms with van der Waals surface area (Å²) in [5.41, 5.74) is 2.23. The molecule has 0 aromatic heterocycles. The van der Waals surface area contributed by atoms with Crippen molar-refractivity contribution in [1.29, 1.82) is 0 Å². The average molecular weight is 307 g/mol. The van der Waals surface area contributed by atoms with Crippen LogP contribution >= 0.6 is 0 Å². The number of aliphatic hydroxyl groups is 1. The van der Waals surface area contributed by atoms with Crippen LogP contribution < -0.4 is 5.32 Å². The molecule has 114 valence electrons. The van der Waals surface area contributed by atoms with Gasteiger partial charge < -0.3 is 10.4 Å². The zero-order valence-electron chi connectivity index (χ0n) is 12.6. The van der Waals surface area contributed by atoms with E-state index in [9.17, 15) is 9.00 Å². The lowest BCUT2D eigenvalue weighted by Gasteiger charge is -2.13. The summed E-state index contributed by atoms with van der Waals surface area (Å²) in [5.74, 6) is 5.82. The fourth-order valence-electron chi connectivity index (χ4n) is 1.75. The minimum Gasteiger partial charge on any atom is -0.384 e. The zero-order chi connectivity index (χ0) is 15.8. The molecule has 21 heavy (non-hydrogen) atoms. The van der Waals surface area contributed by atoms with Crippen molar-refractivity contribution in [2.45, 2.75) is 26.3 Å². The minimum absolute atomic E-state index is 0.0327. The monoisotopic (exact) mass is 307 g/mol. The maximum atomic E-state index is 12.2. The smallest absolute Gasteiger partial charge is 0.251 e. The van der Waals surface area contributed by atoms with Crippen LogP contribution in [0.25, 0.3) is 0 Å². The topological polar surface area (TPSA) is 66.4 Å². The molecule has 0 fully saturated rings. The highest BCUT2D eigenvalue weighted by Gasteiger charge is 2.11. The Kier molecular flexibility index (Phi) is 7.13. The molecule has 5 heteroatoms. The molecule has 0 saturated carbocycles. The molecule has 2 unspecified atom stereocenters. The van der Waals surface area contributed by atoms with E-state index in [0.717, 1.165) is 11.1 Å². The van der Waals surface area contributed by atoms with Gasteiger partial charge in [0.2, 0.25) is 0 Å². The number of aryl methyl sites for hydroxylation is 1. The van der Waals surface area contributed by atoms with Crippen molar-refractivity contribution in [3.05, 3.63) is 34.9 Å². The van der Waals surface area contributed by atoms with Gasteiger partial charge in [-0.25, -0.2) is 0 Å². The van der Waals surface area contributed by atoms with E-state index < -0.39 is 10.8 Å². The molecule has 1 amide bonds. The van der Waals surface area contributed by atoms with Crippen LogP contribution in [0.15, 0.2) is 18.2 Å². The maximum Gasteiger partial charge on any atom is 0.251 e. The molecule has 0 spiro atoms. The first-order valence-corrected chi connectivity index (χ1v) is 8.48. The van der Waals surface area contributed by atoms with E-state index in [4.69, 9.17) is 5.11 Å². The van der Waals surface area contributed by atoms with Gasteiger partial charge in [-0.3, -0.25) is 9.00 Å². The number of benzene rings is 1. The highest BCUT2D eigenvalue weighted by Crippen LogP contribution is 2.10. The van der Waals surface area contributed by atoms with Crippen molar-refractivity contribution >= 4 is 16.7 Å². The van der Waals surface area contributed by atoms with Crippen molar-refractivity contribution in [2.24, 2.45) is 0 Å². The largest absolute Gasteiger partial charge is 0.384 e. The van der Waals surface area contributed by atoms with Crippen molar-refractivity contribution in [3.8, 4) is 11.8 Å². The fourth-order valence-corrected chi connectivity index (χ4v) is 2.44. The summed E-state index contributed by atoms with van der Waals surface area (Å²) in [6.07, 6.45) is 2.33. The quantitative estimate of drug-likeness (QED) is 0.804. The van der Waals surface area contributed by atoms with E-state index >= 15 is 0 Å². The number of carbonyl (C=O) groups is 1. The number of hydrogen-bond acceptors (Lipinski definition) is 3. The summed E-state index contributed by atoms with van der Waals surface area (Å²) >= 11 is 0. The summed E-state index contributed by atoms with van der Waals surface area (Å²) in [7, 11) is -0.849. The Labute approximate surface area is 128 Å². The van der Waals surface area contributed by atoms with E-state index in [1.54, 1.807) is 18.4 Å². The number of nitrogens with one attached hydrogen (secondary N) is 1. The van der Waals surface area contributed by atoms with E-state index in [1.807, 2.05) is 19.9 Å². The second-order valence-electron chi connectivity index (χ2n) is 4.93. The van der Waals surface area contributed by atoms with Crippen LogP contribution in [0.5, 0.6) is 0 Å². The summed E-state index contributed by atoms with van der Waals surface area (Å²) in [6, 6.07) is 5.27. The molecule has 1 rings (SSSR count). The minimum atomic E-state index is -0.849. The Morgan fingerprint density at radius 1 is 1.48 bits per heavy atom. The summed E-state index contributed by atoms with van der Waals surface area (Å²) in [4.78, 5) is 12.2. The molecule has 0 aliphatic heterocycles. The lowest BCUT2D eigenvalue weighted by molar-refractivity contribution is 0.0939. The molecule has 0 radical (unpaired) electrons. The first-order chi connectivity index (χ1) is 9.93. The molecule has 0 saturated heterocycles. The van der Waals surface area contributed by atoms with Gasteiger partial charge in [-0.2, -0.15) is 0 Å². The Balaban J connectivity index is 2.76. The Bertz CT molecular complexity index is 587. The van der Waals surface area contributed by atoms with Gasteiger partial charge in [-0.15, -0.1) is 0 Å². The lowest BCUT2D eigenvalue weighted by Crippen LogP contribution is -2.33. The third kappa shape index (κ3) is 6.11. The molecular weight excluding hydrogens is 286 g/mol. The van der Waals surface area contributed by atoms with Crippen LogP contribution in [-0.2, 0) is 10.8 Å². The number of carbonyl (C=O) groups excluding carboxylic acids is 1. The van der Waals surface area contributed by atoms with Gasteiger partial charge in [-0.05, 0) is 38.0 Å². The molecule has 0 aliphatic carbocycles. The van der Waals surface area contributed by atoms with Gasteiger partial charge in [0, 0.05) is 40.0 Å². The molecule has 1 aromatic rings. The standard InChI is InChI=1S/C16H21NO3S/c1-12-6-7-15(11-14(12)5-4-9-18)16(19)17-13(2)8-10-21(3)20/h6-7,11,13,18H,8-10H2,1-3H3,(H,17,19). The summed E-state index contributed by atoms with van der Waals surface area (Å²) < 4.78 is 11.0. The van der Waals surface area contributed by atoms with Gasteiger partial charge in [0.15, 0.2) is 0 Å². The normalized spacial score (nSPS) is 13.0. The Morgan fingerprint density at radius 2 is 2.19 bits per heavy atom. The highest BCUT2D eigenvalue weighted by atomic mass is 32.2. The van der Waals surface area contributed by atoms with E-state index in [-0.39, 0.29) is 18.6 Å².